The lowest BCUT2D eigenvalue weighted by Crippen LogP contribution is -2.37. The van der Waals surface area contributed by atoms with Gasteiger partial charge in [0.2, 0.25) is 5.91 Å². The van der Waals surface area contributed by atoms with Crippen LogP contribution >= 0.6 is 0 Å². The zero-order chi connectivity index (χ0) is 18.5. The molecule has 0 aliphatic heterocycles. The van der Waals surface area contributed by atoms with Crippen molar-refractivity contribution < 1.29 is 13.9 Å². The van der Waals surface area contributed by atoms with Gasteiger partial charge in [-0.15, -0.1) is 5.10 Å². The topological polar surface area (TPSA) is 77.3 Å². The van der Waals surface area contributed by atoms with E-state index in [0.29, 0.717) is 10.9 Å². The maximum absolute atomic E-state index is 13.5. The molecule has 3 rings (SSSR count). The van der Waals surface area contributed by atoms with Crippen molar-refractivity contribution >= 4 is 16.8 Å². The SMILES string of the molecule is CN(CCOc1ccccc1F)C(=O)Cn1nnc2ccccc2c1=O. The van der Waals surface area contributed by atoms with Gasteiger partial charge >= 0.3 is 0 Å². The molecule has 8 heteroatoms. The summed E-state index contributed by atoms with van der Waals surface area (Å²) in [5, 5.41) is 8.14. The second kappa shape index (κ2) is 7.73. The maximum Gasteiger partial charge on any atom is 0.278 e. The molecular formula is C18H17FN4O3. The lowest BCUT2D eigenvalue weighted by molar-refractivity contribution is -0.131. The Balaban J connectivity index is 1.60. The third-order valence-electron chi connectivity index (χ3n) is 3.86. The number of carbonyl (C=O) groups is 1. The molecule has 0 radical (unpaired) electrons. The van der Waals surface area contributed by atoms with E-state index in [9.17, 15) is 14.0 Å². The number of benzene rings is 2. The molecule has 134 valence electrons. The highest BCUT2D eigenvalue weighted by atomic mass is 19.1. The fraction of sp³-hybridized carbons (Fsp3) is 0.222. The molecule has 0 fully saturated rings. The van der Waals surface area contributed by atoms with E-state index in [0.717, 1.165) is 4.68 Å². The van der Waals surface area contributed by atoms with Gasteiger partial charge in [-0.3, -0.25) is 9.59 Å². The van der Waals surface area contributed by atoms with Crippen LogP contribution in [0.1, 0.15) is 0 Å². The Morgan fingerprint density at radius 2 is 1.92 bits per heavy atom. The van der Waals surface area contributed by atoms with E-state index in [2.05, 4.69) is 10.3 Å². The second-order valence-corrected chi connectivity index (χ2v) is 5.66. The first kappa shape index (κ1) is 17.5. The summed E-state index contributed by atoms with van der Waals surface area (Å²) in [7, 11) is 1.58. The number of fused-ring (bicyclic) bond motifs is 1. The highest BCUT2D eigenvalue weighted by molar-refractivity contribution is 5.78. The van der Waals surface area contributed by atoms with Gasteiger partial charge in [0, 0.05) is 7.05 Å². The summed E-state index contributed by atoms with van der Waals surface area (Å²) in [5.74, 6) is -0.654. The van der Waals surface area contributed by atoms with Crippen LogP contribution in [-0.4, -0.2) is 46.0 Å². The Morgan fingerprint density at radius 3 is 2.73 bits per heavy atom. The van der Waals surface area contributed by atoms with Gasteiger partial charge in [0.1, 0.15) is 18.7 Å². The number of likely N-dealkylation sites (N-methyl/N-ethyl adjacent to an activating group) is 1. The molecule has 0 saturated carbocycles. The van der Waals surface area contributed by atoms with Gasteiger partial charge in [-0.1, -0.05) is 29.5 Å². The monoisotopic (exact) mass is 356 g/mol. The fourth-order valence-electron chi connectivity index (χ4n) is 2.35. The number of aromatic nitrogens is 3. The van der Waals surface area contributed by atoms with E-state index >= 15 is 0 Å². The van der Waals surface area contributed by atoms with Gasteiger partial charge in [0.25, 0.3) is 5.56 Å². The first-order valence-corrected chi connectivity index (χ1v) is 8.00. The molecule has 1 aromatic heterocycles. The summed E-state index contributed by atoms with van der Waals surface area (Å²) >= 11 is 0. The lowest BCUT2D eigenvalue weighted by atomic mass is 10.2. The molecule has 0 saturated heterocycles. The van der Waals surface area contributed by atoms with E-state index in [-0.39, 0.29) is 36.9 Å². The number of rotatable bonds is 6. The number of ether oxygens (including phenoxy) is 1. The standard InChI is InChI=1S/C18H17FN4O3/c1-22(10-11-26-16-9-5-3-7-14(16)19)17(24)12-23-18(25)13-6-2-4-8-15(13)20-21-23/h2-9H,10-12H2,1H3. The average molecular weight is 356 g/mol. The summed E-state index contributed by atoms with van der Waals surface area (Å²) in [5.41, 5.74) is 0.104. The van der Waals surface area contributed by atoms with Crippen LogP contribution in [0.2, 0.25) is 0 Å². The van der Waals surface area contributed by atoms with Crippen molar-refractivity contribution in [2.75, 3.05) is 20.2 Å². The number of hydrogen-bond donors (Lipinski definition) is 0. The molecule has 1 heterocycles. The fourth-order valence-corrected chi connectivity index (χ4v) is 2.35. The Hall–Kier alpha value is -3.29. The number of amides is 1. The Morgan fingerprint density at radius 1 is 1.19 bits per heavy atom. The van der Waals surface area contributed by atoms with Crippen LogP contribution in [0.5, 0.6) is 5.75 Å². The smallest absolute Gasteiger partial charge is 0.278 e. The normalized spacial score (nSPS) is 10.7. The highest BCUT2D eigenvalue weighted by Gasteiger charge is 2.13. The molecular weight excluding hydrogens is 339 g/mol. The van der Waals surface area contributed by atoms with Crippen molar-refractivity contribution in [2.24, 2.45) is 0 Å². The Labute approximate surface area is 148 Å². The quantitative estimate of drug-likeness (QED) is 0.668. The van der Waals surface area contributed by atoms with Crippen molar-refractivity contribution in [1.29, 1.82) is 0 Å². The molecule has 0 aliphatic carbocycles. The first-order valence-electron chi connectivity index (χ1n) is 8.00. The highest BCUT2D eigenvalue weighted by Crippen LogP contribution is 2.15. The average Bonchev–Trinajstić information content (AvgIpc) is 2.65. The second-order valence-electron chi connectivity index (χ2n) is 5.66. The van der Waals surface area contributed by atoms with Crippen LogP contribution in [0.15, 0.2) is 53.3 Å². The molecule has 0 N–H and O–H groups in total. The predicted octanol–water partition coefficient (Wildman–Crippen LogP) is 1.47. The largest absolute Gasteiger partial charge is 0.489 e. The summed E-state index contributed by atoms with van der Waals surface area (Å²) in [6.45, 7) is 0.136. The lowest BCUT2D eigenvalue weighted by Gasteiger charge is -2.17. The van der Waals surface area contributed by atoms with Crippen molar-refractivity contribution in [1.82, 2.24) is 19.9 Å². The molecule has 0 aliphatic rings. The summed E-state index contributed by atoms with van der Waals surface area (Å²) in [4.78, 5) is 26.0. The number of carbonyl (C=O) groups excluding carboxylic acids is 1. The summed E-state index contributed by atoms with van der Waals surface area (Å²) < 4.78 is 19.8. The van der Waals surface area contributed by atoms with Crippen molar-refractivity contribution in [3.05, 3.63) is 64.7 Å². The molecule has 3 aromatic rings. The van der Waals surface area contributed by atoms with Crippen LogP contribution in [0.25, 0.3) is 10.9 Å². The number of para-hydroxylation sites is 1. The zero-order valence-electron chi connectivity index (χ0n) is 14.1. The van der Waals surface area contributed by atoms with Crippen molar-refractivity contribution in [3.8, 4) is 5.75 Å². The number of halogens is 1. The minimum atomic E-state index is -0.459. The number of hydrogen-bond acceptors (Lipinski definition) is 5. The predicted molar refractivity (Wildman–Crippen MR) is 93.3 cm³/mol. The Kier molecular flexibility index (Phi) is 5.21. The van der Waals surface area contributed by atoms with Crippen LogP contribution < -0.4 is 10.3 Å². The molecule has 0 unspecified atom stereocenters. The first-order chi connectivity index (χ1) is 12.6. The van der Waals surface area contributed by atoms with E-state index < -0.39 is 5.82 Å². The zero-order valence-corrected chi connectivity index (χ0v) is 14.1. The van der Waals surface area contributed by atoms with Crippen LogP contribution in [0.3, 0.4) is 0 Å². The van der Waals surface area contributed by atoms with Gasteiger partial charge in [-0.25, -0.2) is 9.07 Å². The third-order valence-corrected chi connectivity index (χ3v) is 3.86. The molecule has 1 amide bonds. The van der Waals surface area contributed by atoms with Crippen LogP contribution in [0.4, 0.5) is 4.39 Å². The molecule has 0 bridgehead atoms. The van der Waals surface area contributed by atoms with E-state index in [1.54, 1.807) is 43.4 Å². The minimum absolute atomic E-state index is 0.126. The molecule has 2 aromatic carbocycles. The van der Waals surface area contributed by atoms with Gasteiger partial charge < -0.3 is 9.64 Å². The van der Waals surface area contributed by atoms with Gasteiger partial charge in [0.05, 0.1) is 11.9 Å². The van der Waals surface area contributed by atoms with Gasteiger partial charge in [-0.05, 0) is 24.3 Å². The molecule has 0 spiro atoms. The molecule has 7 nitrogen and oxygen atoms in total. The van der Waals surface area contributed by atoms with E-state index in [1.807, 2.05) is 0 Å². The summed E-state index contributed by atoms with van der Waals surface area (Å²) in [6.07, 6.45) is 0. The van der Waals surface area contributed by atoms with Gasteiger partial charge in [-0.2, -0.15) is 0 Å². The summed E-state index contributed by atoms with van der Waals surface area (Å²) in [6, 6.07) is 12.9. The van der Waals surface area contributed by atoms with E-state index in [1.165, 1.54) is 17.0 Å². The molecule has 0 atom stereocenters. The van der Waals surface area contributed by atoms with Gasteiger partial charge in [0.15, 0.2) is 11.6 Å². The molecule has 26 heavy (non-hydrogen) atoms. The van der Waals surface area contributed by atoms with Crippen LogP contribution in [0, 0.1) is 5.82 Å². The van der Waals surface area contributed by atoms with Crippen LogP contribution in [-0.2, 0) is 11.3 Å². The number of nitrogens with zero attached hydrogens (tertiary/aromatic N) is 4. The third kappa shape index (κ3) is 3.85. The van der Waals surface area contributed by atoms with Crippen molar-refractivity contribution in [3.63, 3.8) is 0 Å². The van der Waals surface area contributed by atoms with Crippen molar-refractivity contribution in [2.45, 2.75) is 6.54 Å². The minimum Gasteiger partial charge on any atom is -0.489 e. The maximum atomic E-state index is 13.5. The Bertz CT molecular complexity index is 989. The van der Waals surface area contributed by atoms with E-state index in [4.69, 9.17) is 4.74 Å².